The molecule has 2 fully saturated rings. The largest absolute Gasteiger partial charge is 0.342 e. The summed E-state index contributed by atoms with van der Waals surface area (Å²) in [4.78, 5) is 22.0. The number of amides is 1. The molecule has 1 aromatic carbocycles. The molecule has 148 valence electrons. The molecule has 0 saturated carbocycles. The fourth-order valence-corrected chi connectivity index (χ4v) is 5.04. The summed E-state index contributed by atoms with van der Waals surface area (Å²) in [5.41, 5.74) is 3.00. The van der Waals surface area contributed by atoms with Gasteiger partial charge in [0.2, 0.25) is 5.91 Å². The standard InChI is InChI=1S/C23H30N4O/c1-16-10-19(15-27(13-16)22(28)11-17-7-9-26(2)14-17)20-6-5-18(12-24)23-21(20)4-3-8-25-23/h3-6,8,12,16-17,19,24H,7,9-11,13-15H2,1-2H3/t16-,17?,19+/m1/s1. The van der Waals surface area contributed by atoms with E-state index in [0.29, 0.717) is 30.1 Å². The minimum Gasteiger partial charge on any atom is -0.342 e. The Balaban J connectivity index is 1.56. The molecule has 0 spiro atoms. The van der Waals surface area contributed by atoms with Crippen LogP contribution in [0.2, 0.25) is 0 Å². The molecule has 4 rings (SSSR count). The van der Waals surface area contributed by atoms with E-state index in [2.05, 4.69) is 40.9 Å². The second-order valence-corrected chi connectivity index (χ2v) is 8.75. The molecule has 0 bridgehead atoms. The molecule has 1 aromatic heterocycles. The van der Waals surface area contributed by atoms with Crippen LogP contribution in [0.25, 0.3) is 10.9 Å². The predicted octanol–water partition coefficient (Wildman–Crippen LogP) is 3.53. The van der Waals surface area contributed by atoms with Crippen LogP contribution in [0.15, 0.2) is 30.5 Å². The van der Waals surface area contributed by atoms with Gasteiger partial charge in [-0.05, 0) is 49.9 Å². The van der Waals surface area contributed by atoms with Crippen molar-refractivity contribution >= 4 is 23.0 Å². The number of piperidine rings is 1. The number of nitrogens with one attached hydrogen (secondary N) is 1. The Labute approximate surface area is 167 Å². The fourth-order valence-electron chi connectivity index (χ4n) is 5.04. The number of hydrogen-bond donors (Lipinski definition) is 1. The third-order valence-electron chi connectivity index (χ3n) is 6.39. The summed E-state index contributed by atoms with van der Waals surface area (Å²) in [6.07, 6.45) is 6.06. The van der Waals surface area contributed by atoms with Gasteiger partial charge >= 0.3 is 0 Å². The highest BCUT2D eigenvalue weighted by atomic mass is 16.2. The van der Waals surface area contributed by atoms with Crippen LogP contribution in [0.1, 0.15) is 43.2 Å². The Hall–Kier alpha value is -2.27. The molecular weight excluding hydrogens is 348 g/mol. The van der Waals surface area contributed by atoms with Crippen LogP contribution in [-0.4, -0.2) is 60.1 Å². The first kappa shape index (κ1) is 19.1. The first-order valence-electron chi connectivity index (χ1n) is 10.4. The van der Waals surface area contributed by atoms with Gasteiger partial charge in [0.25, 0.3) is 0 Å². The van der Waals surface area contributed by atoms with Gasteiger partial charge in [-0.25, -0.2) is 0 Å². The number of aromatic nitrogens is 1. The van der Waals surface area contributed by atoms with Gasteiger partial charge in [0.15, 0.2) is 0 Å². The zero-order chi connectivity index (χ0) is 19.7. The maximum Gasteiger partial charge on any atom is 0.222 e. The molecule has 5 heteroatoms. The van der Waals surface area contributed by atoms with Crippen molar-refractivity contribution in [3.63, 3.8) is 0 Å². The summed E-state index contributed by atoms with van der Waals surface area (Å²) in [5, 5.41) is 8.78. The number of rotatable bonds is 4. The summed E-state index contributed by atoms with van der Waals surface area (Å²) >= 11 is 0. The van der Waals surface area contributed by atoms with Gasteiger partial charge < -0.3 is 15.2 Å². The third-order valence-corrected chi connectivity index (χ3v) is 6.39. The number of likely N-dealkylation sites (tertiary alicyclic amines) is 2. The quantitative estimate of drug-likeness (QED) is 0.828. The van der Waals surface area contributed by atoms with E-state index in [1.165, 1.54) is 11.8 Å². The molecule has 2 aliphatic heterocycles. The fraction of sp³-hybridized carbons (Fsp3) is 0.522. The van der Waals surface area contributed by atoms with Crippen LogP contribution in [0.5, 0.6) is 0 Å². The van der Waals surface area contributed by atoms with Gasteiger partial charge in [-0.3, -0.25) is 9.78 Å². The monoisotopic (exact) mass is 378 g/mol. The van der Waals surface area contributed by atoms with E-state index in [0.717, 1.165) is 55.5 Å². The maximum absolute atomic E-state index is 13.0. The zero-order valence-corrected chi connectivity index (χ0v) is 16.9. The zero-order valence-electron chi connectivity index (χ0n) is 16.9. The van der Waals surface area contributed by atoms with Crippen LogP contribution in [-0.2, 0) is 4.79 Å². The Morgan fingerprint density at radius 2 is 2.14 bits per heavy atom. The normalized spacial score (nSPS) is 25.9. The summed E-state index contributed by atoms with van der Waals surface area (Å²) in [5.74, 6) is 1.63. The molecule has 1 unspecified atom stereocenters. The molecular formula is C23H30N4O. The predicted molar refractivity (Wildman–Crippen MR) is 113 cm³/mol. The van der Waals surface area contributed by atoms with Crippen LogP contribution in [0.4, 0.5) is 0 Å². The Morgan fingerprint density at radius 1 is 1.29 bits per heavy atom. The molecule has 28 heavy (non-hydrogen) atoms. The maximum atomic E-state index is 13.0. The van der Waals surface area contributed by atoms with Crippen molar-refractivity contribution in [1.29, 1.82) is 5.41 Å². The van der Waals surface area contributed by atoms with Crippen molar-refractivity contribution in [1.82, 2.24) is 14.8 Å². The Morgan fingerprint density at radius 3 is 2.89 bits per heavy atom. The van der Waals surface area contributed by atoms with Crippen LogP contribution in [0.3, 0.4) is 0 Å². The highest BCUT2D eigenvalue weighted by Crippen LogP contribution is 2.35. The van der Waals surface area contributed by atoms with E-state index in [4.69, 9.17) is 5.41 Å². The van der Waals surface area contributed by atoms with E-state index in [-0.39, 0.29) is 0 Å². The number of fused-ring (bicyclic) bond motifs is 1. The lowest BCUT2D eigenvalue weighted by molar-refractivity contribution is -0.134. The summed E-state index contributed by atoms with van der Waals surface area (Å²) in [6.45, 7) is 6.06. The van der Waals surface area contributed by atoms with E-state index >= 15 is 0 Å². The SMILES string of the molecule is C[C@@H]1C[C@H](c2ccc(C=N)c3ncccc23)CN(C(=O)CC2CCN(C)C2)C1. The van der Waals surface area contributed by atoms with Gasteiger partial charge in [0.05, 0.1) is 5.52 Å². The van der Waals surface area contributed by atoms with Crippen molar-refractivity contribution < 1.29 is 4.79 Å². The van der Waals surface area contributed by atoms with Crippen molar-refractivity contribution in [2.45, 2.75) is 32.1 Å². The third kappa shape index (κ3) is 3.81. The Kier molecular flexibility index (Phi) is 5.44. The number of carbonyl (C=O) groups excluding carboxylic acids is 1. The van der Waals surface area contributed by atoms with E-state index < -0.39 is 0 Å². The van der Waals surface area contributed by atoms with Gasteiger partial charge in [-0.15, -0.1) is 0 Å². The van der Waals surface area contributed by atoms with Crippen LogP contribution >= 0.6 is 0 Å². The van der Waals surface area contributed by atoms with Crippen LogP contribution < -0.4 is 0 Å². The lowest BCUT2D eigenvalue weighted by atomic mass is 9.83. The average molecular weight is 379 g/mol. The molecule has 1 N–H and O–H groups in total. The topological polar surface area (TPSA) is 60.3 Å². The van der Waals surface area contributed by atoms with Crippen molar-refractivity contribution in [2.24, 2.45) is 11.8 Å². The summed E-state index contributed by atoms with van der Waals surface area (Å²) in [6, 6.07) is 8.20. The van der Waals surface area contributed by atoms with E-state index in [9.17, 15) is 4.79 Å². The minimum absolute atomic E-state index is 0.315. The van der Waals surface area contributed by atoms with Crippen LogP contribution in [0, 0.1) is 17.2 Å². The first-order valence-corrected chi connectivity index (χ1v) is 10.4. The second-order valence-electron chi connectivity index (χ2n) is 8.75. The van der Waals surface area contributed by atoms with Crippen molar-refractivity contribution in [2.75, 3.05) is 33.2 Å². The first-order chi connectivity index (χ1) is 13.5. The summed E-state index contributed by atoms with van der Waals surface area (Å²) in [7, 11) is 2.14. The number of nitrogens with zero attached hydrogens (tertiary/aromatic N) is 3. The number of hydrogen-bond acceptors (Lipinski definition) is 4. The summed E-state index contributed by atoms with van der Waals surface area (Å²) < 4.78 is 0. The molecule has 2 aromatic rings. The molecule has 1 amide bonds. The van der Waals surface area contributed by atoms with Gasteiger partial charge in [0.1, 0.15) is 0 Å². The van der Waals surface area contributed by atoms with Gasteiger partial charge in [-0.2, -0.15) is 0 Å². The number of benzene rings is 1. The smallest absolute Gasteiger partial charge is 0.222 e. The lowest BCUT2D eigenvalue weighted by Crippen LogP contribution is -2.43. The molecule has 5 nitrogen and oxygen atoms in total. The molecule has 0 aliphatic carbocycles. The van der Waals surface area contributed by atoms with E-state index in [1.54, 1.807) is 6.20 Å². The highest BCUT2D eigenvalue weighted by Gasteiger charge is 2.31. The molecule has 3 heterocycles. The van der Waals surface area contributed by atoms with E-state index in [1.807, 2.05) is 12.1 Å². The Bertz CT molecular complexity index is 880. The minimum atomic E-state index is 0.315. The highest BCUT2D eigenvalue weighted by molar-refractivity contribution is 5.98. The molecule has 3 atom stereocenters. The molecule has 0 radical (unpaired) electrons. The number of pyridine rings is 1. The molecule has 2 saturated heterocycles. The number of carbonyl (C=O) groups is 1. The van der Waals surface area contributed by atoms with Crippen molar-refractivity contribution in [3.8, 4) is 0 Å². The average Bonchev–Trinajstić information content (AvgIpc) is 3.11. The van der Waals surface area contributed by atoms with Gasteiger partial charge in [0, 0.05) is 55.3 Å². The lowest BCUT2D eigenvalue weighted by Gasteiger charge is -2.37. The second kappa shape index (κ2) is 8.00. The van der Waals surface area contributed by atoms with Crippen molar-refractivity contribution in [3.05, 3.63) is 41.6 Å². The van der Waals surface area contributed by atoms with Gasteiger partial charge in [-0.1, -0.05) is 25.1 Å². The molecule has 2 aliphatic rings.